The van der Waals surface area contributed by atoms with Crippen LogP contribution in [-0.2, 0) is 6.61 Å². The lowest BCUT2D eigenvalue weighted by Gasteiger charge is -2.06. The molecular weight excluding hydrogens is 204 g/mol. The van der Waals surface area contributed by atoms with E-state index in [1.54, 1.807) is 6.26 Å². The highest BCUT2D eigenvalue weighted by molar-refractivity contribution is 5.31. The smallest absolute Gasteiger partial charge is 0.146 e. The molecule has 0 bridgehead atoms. The SMILES string of the molecule is CCOc1ccc(OCc2ccco2)cc1. The Labute approximate surface area is 94.6 Å². The Morgan fingerprint density at radius 3 is 2.25 bits per heavy atom. The Bertz CT molecular complexity index is 403. The molecule has 0 amide bonds. The summed E-state index contributed by atoms with van der Waals surface area (Å²) in [6.45, 7) is 3.08. The quantitative estimate of drug-likeness (QED) is 0.772. The first-order valence-electron chi connectivity index (χ1n) is 5.26. The number of rotatable bonds is 5. The summed E-state index contributed by atoms with van der Waals surface area (Å²) >= 11 is 0. The third-order valence-corrected chi connectivity index (χ3v) is 2.10. The van der Waals surface area contributed by atoms with Gasteiger partial charge in [0.1, 0.15) is 23.9 Å². The number of furan rings is 1. The lowest BCUT2D eigenvalue weighted by atomic mass is 10.3. The molecule has 0 radical (unpaired) electrons. The normalized spacial score (nSPS) is 10.1. The number of hydrogen-bond donors (Lipinski definition) is 0. The molecule has 1 heterocycles. The van der Waals surface area contributed by atoms with Crippen molar-refractivity contribution in [2.24, 2.45) is 0 Å². The summed E-state index contributed by atoms with van der Waals surface area (Å²) in [5.41, 5.74) is 0. The second-order valence-electron chi connectivity index (χ2n) is 3.27. The molecule has 0 aliphatic heterocycles. The van der Waals surface area contributed by atoms with E-state index in [0.29, 0.717) is 13.2 Å². The van der Waals surface area contributed by atoms with Gasteiger partial charge in [-0.25, -0.2) is 0 Å². The summed E-state index contributed by atoms with van der Waals surface area (Å²) in [6.07, 6.45) is 1.64. The van der Waals surface area contributed by atoms with Crippen molar-refractivity contribution in [3.63, 3.8) is 0 Å². The van der Waals surface area contributed by atoms with Crippen LogP contribution in [0.15, 0.2) is 47.1 Å². The van der Waals surface area contributed by atoms with Gasteiger partial charge in [0.05, 0.1) is 12.9 Å². The van der Waals surface area contributed by atoms with Gasteiger partial charge >= 0.3 is 0 Å². The van der Waals surface area contributed by atoms with Crippen LogP contribution in [0.2, 0.25) is 0 Å². The molecule has 1 aromatic heterocycles. The Hall–Kier alpha value is -1.90. The average molecular weight is 218 g/mol. The van der Waals surface area contributed by atoms with Crippen LogP contribution in [0.25, 0.3) is 0 Å². The molecule has 16 heavy (non-hydrogen) atoms. The van der Waals surface area contributed by atoms with Gasteiger partial charge in [0.25, 0.3) is 0 Å². The molecule has 2 aromatic rings. The number of benzene rings is 1. The van der Waals surface area contributed by atoms with Crippen molar-refractivity contribution in [1.82, 2.24) is 0 Å². The average Bonchev–Trinajstić information content (AvgIpc) is 2.82. The molecule has 0 aliphatic rings. The van der Waals surface area contributed by atoms with Crippen LogP contribution in [0.1, 0.15) is 12.7 Å². The minimum absolute atomic E-state index is 0.445. The van der Waals surface area contributed by atoms with E-state index in [9.17, 15) is 0 Å². The molecule has 0 unspecified atom stereocenters. The monoisotopic (exact) mass is 218 g/mol. The van der Waals surface area contributed by atoms with Gasteiger partial charge < -0.3 is 13.9 Å². The molecule has 2 rings (SSSR count). The van der Waals surface area contributed by atoms with Gasteiger partial charge in [0, 0.05) is 0 Å². The van der Waals surface area contributed by atoms with Crippen molar-refractivity contribution in [3.8, 4) is 11.5 Å². The molecule has 0 spiro atoms. The van der Waals surface area contributed by atoms with Crippen molar-refractivity contribution < 1.29 is 13.9 Å². The first-order valence-corrected chi connectivity index (χ1v) is 5.26. The van der Waals surface area contributed by atoms with E-state index in [2.05, 4.69) is 0 Å². The van der Waals surface area contributed by atoms with Crippen LogP contribution in [0, 0.1) is 0 Å². The minimum atomic E-state index is 0.445. The van der Waals surface area contributed by atoms with Crippen molar-refractivity contribution in [2.45, 2.75) is 13.5 Å². The first-order chi connectivity index (χ1) is 7.88. The molecule has 1 aromatic carbocycles. The van der Waals surface area contributed by atoms with E-state index in [-0.39, 0.29) is 0 Å². The zero-order valence-electron chi connectivity index (χ0n) is 9.18. The molecule has 0 saturated carbocycles. The van der Waals surface area contributed by atoms with Crippen LogP contribution in [-0.4, -0.2) is 6.61 Å². The summed E-state index contributed by atoms with van der Waals surface area (Å²) < 4.78 is 16.0. The predicted octanol–water partition coefficient (Wildman–Crippen LogP) is 3.26. The molecule has 0 aliphatic carbocycles. The molecule has 3 nitrogen and oxygen atoms in total. The summed E-state index contributed by atoms with van der Waals surface area (Å²) in [5, 5.41) is 0. The van der Waals surface area contributed by atoms with Gasteiger partial charge in [0.2, 0.25) is 0 Å². The van der Waals surface area contributed by atoms with Gasteiger partial charge in [-0.3, -0.25) is 0 Å². The van der Waals surface area contributed by atoms with Crippen LogP contribution in [0.5, 0.6) is 11.5 Å². The molecular formula is C13H14O3. The summed E-state index contributed by atoms with van der Waals surface area (Å²) in [5.74, 6) is 2.47. The standard InChI is InChI=1S/C13H14O3/c1-2-14-11-5-7-12(8-6-11)16-10-13-4-3-9-15-13/h3-9H,2,10H2,1H3. The Morgan fingerprint density at radius 2 is 1.69 bits per heavy atom. The van der Waals surface area contributed by atoms with Gasteiger partial charge in [0.15, 0.2) is 0 Å². The van der Waals surface area contributed by atoms with E-state index < -0.39 is 0 Å². The maximum atomic E-state index is 5.53. The Kier molecular flexibility index (Phi) is 3.49. The van der Waals surface area contributed by atoms with Gasteiger partial charge in [-0.05, 0) is 43.3 Å². The Morgan fingerprint density at radius 1 is 1.00 bits per heavy atom. The van der Waals surface area contributed by atoms with Crippen LogP contribution in [0.4, 0.5) is 0 Å². The maximum Gasteiger partial charge on any atom is 0.146 e. The topological polar surface area (TPSA) is 31.6 Å². The largest absolute Gasteiger partial charge is 0.494 e. The maximum absolute atomic E-state index is 5.53. The fraction of sp³-hybridized carbons (Fsp3) is 0.231. The van der Waals surface area contributed by atoms with Gasteiger partial charge in [-0.15, -0.1) is 0 Å². The molecule has 0 fully saturated rings. The fourth-order valence-corrected chi connectivity index (χ4v) is 1.35. The second-order valence-corrected chi connectivity index (χ2v) is 3.27. The molecule has 84 valence electrons. The first kappa shape index (κ1) is 10.6. The summed E-state index contributed by atoms with van der Waals surface area (Å²) in [4.78, 5) is 0. The molecule has 0 saturated heterocycles. The third-order valence-electron chi connectivity index (χ3n) is 2.10. The highest BCUT2D eigenvalue weighted by atomic mass is 16.5. The van der Waals surface area contributed by atoms with E-state index in [4.69, 9.17) is 13.9 Å². The second kappa shape index (κ2) is 5.26. The van der Waals surface area contributed by atoms with Crippen molar-refractivity contribution in [2.75, 3.05) is 6.61 Å². The van der Waals surface area contributed by atoms with E-state index >= 15 is 0 Å². The van der Waals surface area contributed by atoms with Crippen molar-refractivity contribution in [3.05, 3.63) is 48.4 Å². The van der Waals surface area contributed by atoms with Gasteiger partial charge in [-0.2, -0.15) is 0 Å². The zero-order valence-corrected chi connectivity index (χ0v) is 9.18. The van der Waals surface area contributed by atoms with Crippen molar-refractivity contribution >= 4 is 0 Å². The summed E-state index contributed by atoms with van der Waals surface area (Å²) in [6, 6.07) is 11.3. The molecule has 0 atom stereocenters. The molecule has 3 heteroatoms. The number of ether oxygens (including phenoxy) is 2. The predicted molar refractivity (Wildman–Crippen MR) is 60.7 cm³/mol. The minimum Gasteiger partial charge on any atom is -0.494 e. The van der Waals surface area contributed by atoms with Crippen LogP contribution in [0.3, 0.4) is 0 Å². The van der Waals surface area contributed by atoms with Crippen molar-refractivity contribution in [1.29, 1.82) is 0 Å². The Balaban J connectivity index is 1.90. The van der Waals surface area contributed by atoms with Crippen LogP contribution >= 0.6 is 0 Å². The lowest BCUT2D eigenvalue weighted by Crippen LogP contribution is -1.94. The van der Waals surface area contributed by atoms with E-state index in [1.807, 2.05) is 43.3 Å². The molecule has 0 N–H and O–H groups in total. The van der Waals surface area contributed by atoms with E-state index in [1.165, 1.54) is 0 Å². The fourth-order valence-electron chi connectivity index (χ4n) is 1.35. The summed E-state index contributed by atoms with van der Waals surface area (Å²) in [7, 11) is 0. The van der Waals surface area contributed by atoms with Gasteiger partial charge in [-0.1, -0.05) is 0 Å². The highest BCUT2D eigenvalue weighted by Gasteiger charge is 1.98. The number of hydrogen-bond acceptors (Lipinski definition) is 3. The highest BCUT2D eigenvalue weighted by Crippen LogP contribution is 2.18. The zero-order chi connectivity index (χ0) is 11.2. The van der Waals surface area contributed by atoms with E-state index in [0.717, 1.165) is 17.3 Å². The third kappa shape index (κ3) is 2.79. The lowest BCUT2D eigenvalue weighted by molar-refractivity contribution is 0.269. The van der Waals surface area contributed by atoms with Crippen LogP contribution < -0.4 is 9.47 Å².